The molecule has 7 nitrogen and oxygen atoms in total. The highest BCUT2D eigenvalue weighted by atomic mass is 16.2. The summed E-state index contributed by atoms with van der Waals surface area (Å²) in [7, 11) is 0. The number of hydrogen-bond donors (Lipinski definition) is 0. The summed E-state index contributed by atoms with van der Waals surface area (Å²) in [5.74, 6) is 1.17. The molecule has 0 spiro atoms. The van der Waals surface area contributed by atoms with Gasteiger partial charge in [-0.15, -0.1) is 10.2 Å². The maximum atomic E-state index is 13.4. The summed E-state index contributed by atoms with van der Waals surface area (Å²) in [4.78, 5) is 30.2. The van der Waals surface area contributed by atoms with Crippen molar-refractivity contribution >= 4 is 17.5 Å². The first kappa shape index (κ1) is 20.7. The van der Waals surface area contributed by atoms with Gasteiger partial charge < -0.3 is 9.80 Å². The van der Waals surface area contributed by atoms with Gasteiger partial charge in [0.25, 0.3) is 5.91 Å². The van der Waals surface area contributed by atoms with E-state index in [9.17, 15) is 9.59 Å². The second-order valence-electron chi connectivity index (χ2n) is 9.07. The van der Waals surface area contributed by atoms with Crippen LogP contribution in [0.15, 0.2) is 48.7 Å². The molecule has 3 aromatic rings. The van der Waals surface area contributed by atoms with Crippen molar-refractivity contribution in [3.05, 3.63) is 65.6 Å². The van der Waals surface area contributed by atoms with Crippen LogP contribution in [0.3, 0.4) is 0 Å². The fourth-order valence-electron chi connectivity index (χ4n) is 5.03. The number of carbonyl (C=O) groups is 2. The third-order valence-corrected chi connectivity index (χ3v) is 6.79. The van der Waals surface area contributed by atoms with E-state index in [1.54, 1.807) is 0 Å². The Morgan fingerprint density at radius 3 is 2.53 bits per heavy atom. The number of fused-ring (bicyclic) bond motifs is 1. The van der Waals surface area contributed by atoms with Crippen LogP contribution in [0.25, 0.3) is 5.65 Å². The summed E-state index contributed by atoms with van der Waals surface area (Å²) in [5, 5.41) is 8.70. The molecule has 0 radical (unpaired) electrons. The number of aromatic nitrogens is 3. The minimum atomic E-state index is -0.132. The van der Waals surface area contributed by atoms with Crippen LogP contribution in [0.2, 0.25) is 0 Å². The Bertz CT molecular complexity index is 1120. The van der Waals surface area contributed by atoms with E-state index < -0.39 is 0 Å². The van der Waals surface area contributed by atoms with Gasteiger partial charge in [-0.1, -0.05) is 23.8 Å². The van der Waals surface area contributed by atoms with E-state index in [2.05, 4.69) is 10.2 Å². The maximum Gasteiger partial charge on any atom is 0.253 e. The summed E-state index contributed by atoms with van der Waals surface area (Å²) in [6, 6.07) is 13.6. The van der Waals surface area contributed by atoms with Crippen LogP contribution in [0.1, 0.15) is 53.3 Å². The summed E-state index contributed by atoms with van der Waals surface area (Å²) >= 11 is 0. The van der Waals surface area contributed by atoms with Crippen LogP contribution < -0.4 is 0 Å². The van der Waals surface area contributed by atoms with Gasteiger partial charge in [0.05, 0.1) is 5.92 Å². The van der Waals surface area contributed by atoms with Crippen LogP contribution >= 0.6 is 0 Å². The van der Waals surface area contributed by atoms with Gasteiger partial charge >= 0.3 is 0 Å². The zero-order valence-corrected chi connectivity index (χ0v) is 18.5. The topological polar surface area (TPSA) is 70.8 Å². The zero-order chi connectivity index (χ0) is 22.1. The molecule has 7 heteroatoms. The second-order valence-corrected chi connectivity index (χ2v) is 9.07. The molecule has 1 aromatic carbocycles. The molecule has 2 aromatic heterocycles. The number of nitrogens with zero attached hydrogens (tertiary/aromatic N) is 5. The average molecular weight is 432 g/mol. The molecule has 0 unspecified atom stereocenters. The van der Waals surface area contributed by atoms with Crippen molar-refractivity contribution in [1.82, 2.24) is 24.4 Å². The lowest BCUT2D eigenvalue weighted by Crippen LogP contribution is -2.49. The van der Waals surface area contributed by atoms with Crippen molar-refractivity contribution in [2.24, 2.45) is 5.92 Å². The van der Waals surface area contributed by atoms with Crippen LogP contribution in [0.5, 0.6) is 0 Å². The number of carbonyl (C=O) groups excluding carboxylic acids is 2. The quantitative estimate of drug-likeness (QED) is 0.638. The average Bonchev–Trinajstić information content (AvgIpc) is 3.28. The van der Waals surface area contributed by atoms with Crippen LogP contribution in [0, 0.1) is 12.8 Å². The number of hydrogen-bond acceptors (Lipinski definition) is 4. The van der Waals surface area contributed by atoms with Crippen molar-refractivity contribution in [1.29, 1.82) is 0 Å². The fourth-order valence-corrected chi connectivity index (χ4v) is 5.03. The van der Waals surface area contributed by atoms with Gasteiger partial charge in [-0.05, 0) is 56.9 Å². The number of rotatable bonds is 3. The van der Waals surface area contributed by atoms with Gasteiger partial charge in [0.1, 0.15) is 5.82 Å². The number of benzene rings is 1. The molecule has 2 aliphatic heterocycles. The number of likely N-dealkylation sites (tertiary alicyclic amines) is 2. The Labute approximate surface area is 188 Å². The Morgan fingerprint density at radius 1 is 0.906 bits per heavy atom. The van der Waals surface area contributed by atoms with E-state index >= 15 is 0 Å². The van der Waals surface area contributed by atoms with Crippen molar-refractivity contribution in [2.45, 2.75) is 38.5 Å². The van der Waals surface area contributed by atoms with Crippen LogP contribution in [-0.4, -0.2) is 62.4 Å². The molecule has 0 aliphatic carbocycles. The molecule has 5 rings (SSSR count). The first-order chi connectivity index (χ1) is 15.6. The number of pyridine rings is 1. The first-order valence-corrected chi connectivity index (χ1v) is 11.5. The largest absolute Gasteiger partial charge is 0.342 e. The molecule has 0 bridgehead atoms. The SMILES string of the molecule is Cc1ccc(C(=O)N2CCC[C@H](C(=O)N3CCC[C@@H](c4nnc5ccccn45)C3)C2)cc1. The van der Waals surface area contributed by atoms with Gasteiger partial charge in [-0.3, -0.25) is 14.0 Å². The highest BCUT2D eigenvalue weighted by Gasteiger charge is 2.34. The van der Waals surface area contributed by atoms with Gasteiger partial charge in [0.15, 0.2) is 5.65 Å². The zero-order valence-electron chi connectivity index (χ0n) is 18.5. The molecule has 4 heterocycles. The summed E-state index contributed by atoms with van der Waals surface area (Å²) in [5.41, 5.74) is 2.66. The molecule has 166 valence electrons. The standard InChI is InChI=1S/C25H29N5O2/c1-18-9-11-19(12-10-18)24(31)29-14-5-7-21(17-29)25(32)28-13-4-6-20(16-28)23-27-26-22-8-2-3-15-30(22)23/h2-3,8-12,15,20-21H,4-7,13-14,16-17H2,1H3/t20-,21+/m1/s1. The lowest BCUT2D eigenvalue weighted by Gasteiger charge is -2.38. The predicted octanol–water partition coefficient (Wildman–Crippen LogP) is 3.30. The van der Waals surface area contributed by atoms with E-state index in [1.165, 1.54) is 0 Å². The van der Waals surface area contributed by atoms with Crippen LogP contribution in [0.4, 0.5) is 0 Å². The molecule has 0 N–H and O–H groups in total. The highest BCUT2D eigenvalue weighted by molar-refractivity contribution is 5.94. The molecule has 2 saturated heterocycles. The van der Waals surface area contributed by atoms with Gasteiger partial charge in [-0.2, -0.15) is 0 Å². The summed E-state index contributed by atoms with van der Waals surface area (Å²) in [6.07, 6.45) is 5.64. The summed E-state index contributed by atoms with van der Waals surface area (Å²) < 4.78 is 2.03. The van der Waals surface area contributed by atoms with Crippen LogP contribution in [-0.2, 0) is 4.79 Å². The molecule has 2 amide bonds. The Hall–Kier alpha value is -3.22. The van der Waals surface area contributed by atoms with Crippen molar-refractivity contribution < 1.29 is 9.59 Å². The molecule has 2 atom stereocenters. The minimum absolute atomic E-state index is 0.0222. The summed E-state index contributed by atoms with van der Waals surface area (Å²) in [6.45, 7) is 4.66. The van der Waals surface area contributed by atoms with E-state index in [4.69, 9.17) is 0 Å². The lowest BCUT2D eigenvalue weighted by atomic mass is 9.92. The van der Waals surface area contributed by atoms with E-state index in [0.717, 1.165) is 49.3 Å². The normalized spacial score (nSPS) is 21.7. The van der Waals surface area contributed by atoms with Gasteiger partial charge in [-0.25, -0.2) is 0 Å². The predicted molar refractivity (Wildman–Crippen MR) is 121 cm³/mol. The first-order valence-electron chi connectivity index (χ1n) is 11.5. The third kappa shape index (κ3) is 3.99. The smallest absolute Gasteiger partial charge is 0.253 e. The number of aryl methyl sites for hydroxylation is 1. The van der Waals surface area contributed by atoms with Crippen molar-refractivity contribution in [3.8, 4) is 0 Å². The van der Waals surface area contributed by atoms with E-state index in [0.29, 0.717) is 25.2 Å². The molecular weight excluding hydrogens is 402 g/mol. The molecule has 0 saturated carbocycles. The number of amides is 2. The van der Waals surface area contributed by atoms with E-state index in [-0.39, 0.29) is 23.7 Å². The molecule has 32 heavy (non-hydrogen) atoms. The minimum Gasteiger partial charge on any atom is -0.342 e. The molecule has 2 fully saturated rings. The van der Waals surface area contributed by atoms with E-state index in [1.807, 2.05) is 69.8 Å². The second kappa shape index (κ2) is 8.73. The molecule has 2 aliphatic rings. The number of piperidine rings is 2. The van der Waals surface area contributed by atoms with Crippen molar-refractivity contribution in [3.63, 3.8) is 0 Å². The third-order valence-electron chi connectivity index (χ3n) is 6.79. The fraction of sp³-hybridized carbons (Fsp3) is 0.440. The Kier molecular flexibility index (Phi) is 5.64. The van der Waals surface area contributed by atoms with Crippen molar-refractivity contribution in [2.75, 3.05) is 26.2 Å². The monoisotopic (exact) mass is 431 g/mol. The Balaban J connectivity index is 1.27. The lowest BCUT2D eigenvalue weighted by molar-refractivity contribution is -0.138. The van der Waals surface area contributed by atoms with Gasteiger partial charge in [0.2, 0.25) is 5.91 Å². The molecular formula is C25H29N5O2. The maximum absolute atomic E-state index is 13.4. The highest BCUT2D eigenvalue weighted by Crippen LogP contribution is 2.29. The Morgan fingerprint density at radius 2 is 1.69 bits per heavy atom. The van der Waals surface area contributed by atoms with Gasteiger partial charge in [0, 0.05) is 43.9 Å².